The molecule has 0 saturated carbocycles. The van der Waals surface area contributed by atoms with Crippen molar-refractivity contribution in [2.24, 2.45) is 9.98 Å². The first-order valence-electron chi connectivity index (χ1n) is 16.5. The molecule has 3 heteroatoms. The summed E-state index contributed by atoms with van der Waals surface area (Å²) in [5, 5.41) is 2.55. The van der Waals surface area contributed by atoms with E-state index in [1.165, 1.54) is 49.6 Å². The third-order valence-electron chi connectivity index (χ3n) is 10.4. The summed E-state index contributed by atoms with van der Waals surface area (Å²) in [6.07, 6.45) is 0.745. The fourth-order valence-electron chi connectivity index (χ4n) is 7.88. The Morgan fingerprint density at radius 3 is 2.02 bits per heavy atom. The first-order chi connectivity index (χ1) is 22.9. The van der Waals surface area contributed by atoms with Gasteiger partial charge in [-0.15, -0.1) is 0 Å². The lowest BCUT2D eigenvalue weighted by Gasteiger charge is -2.31. The number of nitrogens with zero attached hydrogens (tertiary/aromatic N) is 3. The zero-order valence-corrected chi connectivity index (χ0v) is 26.9. The van der Waals surface area contributed by atoms with Crippen LogP contribution in [0.3, 0.4) is 0 Å². The number of rotatable bonds is 4. The maximum Gasteiger partial charge on any atom is 0.155 e. The van der Waals surface area contributed by atoms with Crippen LogP contribution in [0.25, 0.3) is 38.6 Å². The second kappa shape index (κ2) is 10.2. The summed E-state index contributed by atoms with van der Waals surface area (Å²) in [6.45, 7) is 6.93. The number of aliphatic imine (C=N–C) groups is 2. The largest absolute Gasteiger partial charge is 0.309 e. The third kappa shape index (κ3) is 4.26. The molecule has 226 valence electrons. The SMILES string of the molecule is CC1(c2ccccc2)CC(c2ccccc2)=NC(c2ccc(-n3c4ccccc4c4cc5c(cc43)C(C)(C)c3ccccc3-5)cc2)=N1. The highest BCUT2D eigenvalue weighted by molar-refractivity contribution is 6.15. The molecule has 6 aromatic carbocycles. The molecule has 0 amide bonds. The highest BCUT2D eigenvalue weighted by Crippen LogP contribution is 2.51. The monoisotopic (exact) mass is 605 g/mol. The van der Waals surface area contributed by atoms with E-state index in [4.69, 9.17) is 9.98 Å². The molecule has 0 N–H and O–H groups in total. The van der Waals surface area contributed by atoms with Gasteiger partial charge in [-0.2, -0.15) is 0 Å². The van der Waals surface area contributed by atoms with Gasteiger partial charge in [0, 0.05) is 33.9 Å². The predicted molar refractivity (Wildman–Crippen MR) is 196 cm³/mol. The van der Waals surface area contributed by atoms with Crippen LogP contribution in [0, 0.1) is 0 Å². The van der Waals surface area contributed by atoms with E-state index in [9.17, 15) is 0 Å². The lowest BCUT2D eigenvalue weighted by Crippen LogP contribution is -2.30. The molecule has 1 aromatic heterocycles. The number of fused-ring (bicyclic) bond motifs is 6. The first-order valence-corrected chi connectivity index (χ1v) is 16.5. The van der Waals surface area contributed by atoms with Crippen LogP contribution in [0.5, 0.6) is 0 Å². The van der Waals surface area contributed by atoms with Crippen LogP contribution < -0.4 is 0 Å². The molecule has 1 unspecified atom stereocenters. The van der Waals surface area contributed by atoms with Crippen LogP contribution >= 0.6 is 0 Å². The second-order valence-corrected chi connectivity index (χ2v) is 13.7. The number of hydrogen-bond acceptors (Lipinski definition) is 2. The van der Waals surface area contributed by atoms with E-state index in [0.717, 1.165) is 34.8 Å². The Hall–Kier alpha value is -5.54. The number of amidine groups is 1. The smallest absolute Gasteiger partial charge is 0.155 e. The number of benzene rings is 6. The summed E-state index contributed by atoms with van der Waals surface area (Å²) in [5.74, 6) is 0.771. The molecular weight excluding hydrogens is 571 g/mol. The molecule has 0 spiro atoms. The van der Waals surface area contributed by atoms with Gasteiger partial charge >= 0.3 is 0 Å². The van der Waals surface area contributed by atoms with Gasteiger partial charge in [-0.3, -0.25) is 4.99 Å². The Morgan fingerprint density at radius 1 is 0.553 bits per heavy atom. The average Bonchev–Trinajstić information content (AvgIpc) is 3.56. The fraction of sp³-hybridized carbons (Fsp3) is 0.136. The molecule has 47 heavy (non-hydrogen) atoms. The van der Waals surface area contributed by atoms with E-state index in [1.54, 1.807) is 0 Å². The maximum atomic E-state index is 5.32. The second-order valence-electron chi connectivity index (χ2n) is 13.7. The molecule has 1 aliphatic carbocycles. The molecule has 1 aliphatic heterocycles. The lowest BCUT2D eigenvalue weighted by molar-refractivity contribution is 0.515. The Balaban J connectivity index is 1.19. The summed E-state index contributed by atoms with van der Waals surface area (Å²) in [7, 11) is 0. The maximum absolute atomic E-state index is 5.32. The molecule has 2 aliphatic rings. The highest BCUT2D eigenvalue weighted by Gasteiger charge is 2.36. The minimum Gasteiger partial charge on any atom is -0.309 e. The Kier molecular flexibility index (Phi) is 6.04. The van der Waals surface area contributed by atoms with E-state index in [2.05, 4.69) is 171 Å². The highest BCUT2D eigenvalue weighted by atomic mass is 15.0. The summed E-state index contributed by atoms with van der Waals surface area (Å²) in [4.78, 5) is 10.5. The zero-order chi connectivity index (χ0) is 31.8. The van der Waals surface area contributed by atoms with Gasteiger partial charge in [0.2, 0.25) is 0 Å². The number of hydrogen-bond donors (Lipinski definition) is 0. The number of para-hydroxylation sites is 1. The van der Waals surface area contributed by atoms with Crippen molar-refractivity contribution in [3.8, 4) is 16.8 Å². The van der Waals surface area contributed by atoms with Crippen molar-refractivity contribution in [3.63, 3.8) is 0 Å². The van der Waals surface area contributed by atoms with Gasteiger partial charge in [0.15, 0.2) is 5.84 Å². The van der Waals surface area contributed by atoms with Crippen LogP contribution in [-0.4, -0.2) is 16.1 Å². The minimum atomic E-state index is -0.417. The van der Waals surface area contributed by atoms with E-state index in [0.29, 0.717) is 0 Å². The number of aromatic nitrogens is 1. The summed E-state index contributed by atoms with van der Waals surface area (Å²) in [6, 6.07) is 52.5. The molecular formula is C44H35N3. The summed E-state index contributed by atoms with van der Waals surface area (Å²) in [5.41, 5.74) is 13.0. The van der Waals surface area contributed by atoms with Crippen LogP contribution in [0.2, 0.25) is 0 Å². The molecule has 7 aromatic rings. The van der Waals surface area contributed by atoms with E-state index in [1.807, 2.05) is 0 Å². The zero-order valence-electron chi connectivity index (χ0n) is 26.9. The van der Waals surface area contributed by atoms with E-state index >= 15 is 0 Å². The van der Waals surface area contributed by atoms with Gasteiger partial charge in [-0.25, -0.2) is 4.99 Å². The molecule has 0 fully saturated rings. The van der Waals surface area contributed by atoms with Crippen molar-refractivity contribution in [2.75, 3.05) is 0 Å². The Morgan fingerprint density at radius 2 is 1.23 bits per heavy atom. The first kappa shape index (κ1) is 27.7. The van der Waals surface area contributed by atoms with E-state index < -0.39 is 5.54 Å². The lowest BCUT2D eigenvalue weighted by atomic mass is 9.82. The Labute approximate surface area is 275 Å². The van der Waals surface area contributed by atoms with Crippen molar-refractivity contribution >= 4 is 33.4 Å². The molecule has 1 atom stereocenters. The molecule has 0 radical (unpaired) electrons. The van der Waals surface area contributed by atoms with Crippen LogP contribution in [-0.2, 0) is 11.0 Å². The van der Waals surface area contributed by atoms with Gasteiger partial charge in [-0.05, 0) is 82.8 Å². The molecule has 0 bridgehead atoms. The van der Waals surface area contributed by atoms with Crippen LogP contribution in [0.15, 0.2) is 156 Å². The van der Waals surface area contributed by atoms with Crippen molar-refractivity contribution < 1.29 is 0 Å². The topological polar surface area (TPSA) is 29.6 Å². The van der Waals surface area contributed by atoms with Crippen molar-refractivity contribution in [3.05, 3.63) is 173 Å². The van der Waals surface area contributed by atoms with E-state index in [-0.39, 0.29) is 5.41 Å². The molecule has 2 heterocycles. The summed E-state index contributed by atoms with van der Waals surface area (Å²) < 4.78 is 2.42. The third-order valence-corrected chi connectivity index (χ3v) is 10.4. The minimum absolute atomic E-state index is 0.0652. The normalized spacial score (nSPS) is 18.1. The van der Waals surface area contributed by atoms with Gasteiger partial charge < -0.3 is 4.57 Å². The average molecular weight is 606 g/mol. The molecule has 9 rings (SSSR count). The standard InChI is InChI=1S/C44H35N3/c1-43(2)37-20-12-10-18-33(37)35-26-36-34-19-11-13-21-40(34)47(41(36)27-38(35)43)32-24-22-30(23-25-32)42-45-39(29-14-6-4-7-15-29)28-44(3,46-42)31-16-8-5-9-17-31/h4-27H,28H2,1-3H3. The molecule has 0 saturated heterocycles. The van der Waals surface area contributed by atoms with Crippen molar-refractivity contribution in [2.45, 2.75) is 38.1 Å². The van der Waals surface area contributed by atoms with Crippen molar-refractivity contribution in [1.29, 1.82) is 0 Å². The Bertz CT molecular complexity index is 2390. The predicted octanol–water partition coefficient (Wildman–Crippen LogP) is 10.6. The molecule has 3 nitrogen and oxygen atoms in total. The van der Waals surface area contributed by atoms with Crippen LogP contribution in [0.4, 0.5) is 0 Å². The quantitative estimate of drug-likeness (QED) is 0.191. The fourth-order valence-corrected chi connectivity index (χ4v) is 7.88. The van der Waals surface area contributed by atoms with Gasteiger partial charge in [0.25, 0.3) is 0 Å². The van der Waals surface area contributed by atoms with Crippen LogP contribution in [0.1, 0.15) is 55.0 Å². The summed E-state index contributed by atoms with van der Waals surface area (Å²) >= 11 is 0. The van der Waals surface area contributed by atoms with Gasteiger partial charge in [0.1, 0.15) is 0 Å². The van der Waals surface area contributed by atoms with Crippen molar-refractivity contribution in [1.82, 2.24) is 4.57 Å². The van der Waals surface area contributed by atoms with Gasteiger partial charge in [-0.1, -0.05) is 117 Å². The van der Waals surface area contributed by atoms with Gasteiger partial charge in [0.05, 0.1) is 22.3 Å².